The van der Waals surface area contributed by atoms with Crippen LogP contribution in [0.25, 0.3) is 0 Å². The fraction of sp³-hybridized carbons (Fsp3) is 0.268. The summed E-state index contributed by atoms with van der Waals surface area (Å²) >= 11 is 1.17. The quantitative estimate of drug-likeness (QED) is 0.0706. The molecule has 6 aromatic carbocycles. The average molecular weight is 995 g/mol. The second kappa shape index (κ2) is 22.9. The lowest BCUT2D eigenvalue weighted by Crippen LogP contribution is -2.68. The lowest BCUT2D eigenvalue weighted by molar-refractivity contribution is -0.391. The van der Waals surface area contributed by atoms with E-state index in [0.29, 0.717) is 4.90 Å². The van der Waals surface area contributed by atoms with Crippen LogP contribution in [-0.2, 0) is 47.4 Å². The van der Waals surface area contributed by atoms with Crippen molar-refractivity contribution < 1.29 is 71.3 Å². The maximum atomic E-state index is 14.5. The monoisotopic (exact) mass is 994 g/mol. The highest BCUT2D eigenvalue weighted by Crippen LogP contribution is 2.42. The molecule has 0 spiro atoms. The predicted octanol–water partition coefficient (Wildman–Crippen LogP) is 8.52. The van der Waals surface area contributed by atoms with Gasteiger partial charge in [0.25, 0.3) is 0 Å². The molecule has 3 fully saturated rings. The molecule has 0 aromatic heterocycles. The molecule has 3 heterocycles. The van der Waals surface area contributed by atoms with Gasteiger partial charge in [-0.15, -0.1) is 0 Å². The molecule has 0 radical (unpaired) electrons. The van der Waals surface area contributed by atoms with Gasteiger partial charge in [-0.1, -0.05) is 121 Å². The summed E-state index contributed by atoms with van der Waals surface area (Å²) in [6, 6.07) is 50.2. The molecule has 0 unspecified atom stereocenters. The molecule has 6 aromatic rings. The van der Waals surface area contributed by atoms with Crippen molar-refractivity contribution in [3.63, 3.8) is 0 Å². The first-order valence-corrected chi connectivity index (χ1v) is 24.1. The van der Waals surface area contributed by atoms with Crippen LogP contribution < -0.4 is 0 Å². The van der Waals surface area contributed by atoms with E-state index in [1.165, 1.54) is 11.8 Å². The molecule has 10 atom stereocenters. The number of esters is 5. The molecule has 3 saturated heterocycles. The first-order chi connectivity index (χ1) is 35.0. The van der Waals surface area contributed by atoms with Crippen LogP contribution in [0.4, 0.5) is 0 Å². The summed E-state index contributed by atoms with van der Waals surface area (Å²) in [4.78, 5) is 71.5. The van der Waals surface area contributed by atoms with Crippen LogP contribution >= 0.6 is 11.8 Å². The third-order valence-electron chi connectivity index (χ3n) is 11.9. The average Bonchev–Trinajstić information content (AvgIpc) is 3.41. The van der Waals surface area contributed by atoms with E-state index in [1.807, 2.05) is 30.3 Å². The summed E-state index contributed by atoms with van der Waals surface area (Å²) in [5.41, 5.74) is -0.247. The predicted molar refractivity (Wildman–Crippen MR) is 259 cm³/mol. The van der Waals surface area contributed by atoms with E-state index in [2.05, 4.69) is 0 Å². The summed E-state index contributed by atoms with van der Waals surface area (Å²) in [6.07, 6.45) is -12.9. The van der Waals surface area contributed by atoms with Gasteiger partial charge in [-0.25, -0.2) is 24.0 Å². The minimum Gasteiger partial charge on any atom is -0.459 e. The lowest BCUT2D eigenvalue weighted by atomic mass is 9.95. The van der Waals surface area contributed by atoms with Gasteiger partial charge in [-0.2, -0.15) is 0 Å². The Hall–Kier alpha value is -7.18. The van der Waals surface area contributed by atoms with Gasteiger partial charge >= 0.3 is 29.8 Å². The van der Waals surface area contributed by atoms with Crippen molar-refractivity contribution in [2.75, 3.05) is 13.2 Å². The van der Waals surface area contributed by atoms with Gasteiger partial charge in [0.2, 0.25) is 0 Å². The molecular formula is C56H50O15S. The molecule has 0 aliphatic carbocycles. The second-order valence-electron chi connectivity index (χ2n) is 17.3. The van der Waals surface area contributed by atoms with Crippen molar-refractivity contribution in [2.24, 2.45) is 0 Å². The Labute approximate surface area is 419 Å². The number of hydrogen-bond donors (Lipinski definition) is 0. The highest BCUT2D eigenvalue weighted by molar-refractivity contribution is 7.99. The zero-order valence-corrected chi connectivity index (χ0v) is 39.9. The molecule has 370 valence electrons. The van der Waals surface area contributed by atoms with Crippen molar-refractivity contribution in [3.8, 4) is 0 Å². The maximum Gasteiger partial charge on any atom is 0.338 e. The largest absolute Gasteiger partial charge is 0.459 e. The SMILES string of the molecule is CC1(C)OC[C@H]2O[C@@H](O[C@H]3[C@H](OC(=O)c4ccccc4)[C@@H](OC(=O)c4ccccc4)[C@H](Sc4ccccc4)O[C@@H]3COC(=O)c3ccccc3)[C@H](OC(=O)c3ccccc3)[C@@H](OC(=O)c3ccccc3)[C@H]2O1. The minimum atomic E-state index is -1.71. The van der Waals surface area contributed by atoms with Crippen LogP contribution in [0.5, 0.6) is 0 Å². The Morgan fingerprint density at radius 1 is 0.486 bits per heavy atom. The number of carbonyl (C=O) groups excluding carboxylic acids is 5. The van der Waals surface area contributed by atoms with E-state index in [4.69, 9.17) is 47.4 Å². The van der Waals surface area contributed by atoms with Gasteiger partial charge in [0, 0.05) is 4.90 Å². The number of benzene rings is 6. The van der Waals surface area contributed by atoms with Crippen LogP contribution in [0.2, 0.25) is 0 Å². The standard InChI is InChI=1S/C56H50O15S/c1-56(2)63-34-42-44(71-56)46(67-51(59)37-25-13-5-14-26-37)47(68-52(60)38-27-15-6-16-28-38)54(64-42)70-43-41(33-62-49(57)35-21-9-3-10-22-35)65-55(72-40-31-19-8-20-32-40)48(69-53(61)39-29-17-7-18-30-39)45(43)66-50(58)36-23-11-4-12-24-36/h3-32,41-48,54-55H,33-34H2,1-2H3/t41-,42-,43-,44+,45+,46+,47-,48-,54+,55+/m1/s1. The van der Waals surface area contributed by atoms with Crippen molar-refractivity contribution in [2.45, 2.75) is 85.1 Å². The second-order valence-corrected chi connectivity index (χ2v) is 18.5. The number of hydrogen-bond acceptors (Lipinski definition) is 16. The Morgan fingerprint density at radius 2 is 0.889 bits per heavy atom. The molecule has 3 aliphatic heterocycles. The molecule has 0 N–H and O–H groups in total. The smallest absolute Gasteiger partial charge is 0.338 e. The third kappa shape index (κ3) is 12.1. The van der Waals surface area contributed by atoms with Crippen LogP contribution in [0.1, 0.15) is 65.6 Å². The topological polar surface area (TPSA) is 178 Å². The van der Waals surface area contributed by atoms with Crippen molar-refractivity contribution in [1.29, 1.82) is 0 Å². The highest BCUT2D eigenvalue weighted by Gasteiger charge is 2.59. The fourth-order valence-corrected chi connectivity index (χ4v) is 9.49. The summed E-state index contributed by atoms with van der Waals surface area (Å²) in [7, 11) is 0. The Morgan fingerprint density at radius 3 is 1.36 bits per heavy atom. The molecule has 16 heteroatoms. The van der Waals surface area contributed by atoms with E-state index < -0.39 is 103 Å². The lowest BCUT2D eigenvalue weighted by Gasteiger charge is -2.51. The number of rotatable bonds is 15. The minimum absolute atomic E-state index is 0.102. The van der Waals surface area contributed by atoms with Crippen LogP contribution in [0, 0.1) is 0 Å². The summed E-state index contributed by atoms with van der Waals surface area (Å²) in [6.45, 7) is 2.75. The number of thioether (sulfide) groups is 1. The van der Waals surface area contributed by atoms with E-state index >= 15 is 0 Å². The Kier molecular flexibility index (Phi) is 15.9. The third-order valence-corrected chi connectivity index (χ3v) is 13.0. The number of fused-ring (bicyclic) bond motifs is 1. The summed E-state index contributed by atoms with van der Waals surface area (Å²) in [5.74, 6) is -5.15. The molecule has 0 amide bonds. The van der Waals surface area contributed by atoms with Gasteiger partial charge in [0.1, 0.15) is 36.5 Å². The number of carbonyl (C=O) groups is 5. The highest BCUT2D eigenvalue weighted by atomic mass is 32.2. The molecule has 3 aliphatic rings. The zero-order valence-electron chi connectivity index (χ0n) is 39.0. The van der Waals surface area contributed by atoms with Crippen LogP contribution in [0.15, 0.2) is 187 Å². The van der Waals surface area contributed by atoms with Gasteiger partial charge in [0.15, 0.2) is 36.5 Å². The maximum absolute atomic E-state index is 14.5. The van der Waals surface area contributed by atoms with E-state index in [0.717, 1.165) is 0 Å². The van der Waals surface area contributed by atoms with Gasteiger partial charge in [0.05, 0.1) is 34.4 Å². The van der Waals surface area contributed by atoms with Crippen molar-refractivity contribution >= 4 is 41.6 Å². The summed E-state index contributed by atoms with van der Waals surface area (Å²) in [5, 5.41) is 0. The Balaban J connectivity index is 1.17. The van der Waals surface area contributed by atoms with E-state index in [9.17, 15) is 24.0 Å². The molecule has 0 saturated carbocycles. The van der Waals surface area contributed by atoms with Crippen LogP contribution in [-0.4, -0.2) is 109 Å². The fourth-order valence-electron chi connectivity index (χ4n) is 8.37. The normalized spacial score (nSPS) is 25.4. The molecular weight excluding hydrogens is 945 g/mol. The molecule has 9 rings (SSSR count). The summed E-state index contributed by atoms with van der Waals surface area (Å²) < 4.78 is 64.5. The van der Waals surface area contributed by atoms with Gasteiger partial charge < -0.3 is 47.4 Å². The van der Waals surface area contributed by atoms with Gasteiger partial charge in [-0.05, 0) is 86.6 Å². The number of ether oxygens (including phenoxy) is 10. The van der Waals surface area contributed by atoms with Crippen LogP contribution in [0.3, 0.4) is 0 Å². The molecule has 15 nitrogen and oxygen atoms in total. The van der Waals surface area contributed by atoms with E-state index in [-0.39, 0.29) is 34.4 Å². The molecule has 72 heavy (non-hydrogen) atoms. The Bertz CT molecular complexity index is 2770. The van der Waals surface area contributed by atoms with Crippen molar-refractivity contribution in [1.82, 2.24) is 0 Å². The first-order valence-electron chi connectivity index (χ1n) is 23.3. The van der Waals surface area contributed by atoms with Gasteiger partial charge in [-0.3, -0.25) is 0 Å². The van der Waals surface area contributed by atoms with Crippen molar-refractivity contribution in [3.05, 3.63) is 210 Å². The first kappa shape index (κ1) is 49.8. The zero-order chi connectivity index (χ0) is 50.0. The molecule has 0 bridgehead atoms. The van der Waals surface area contributed by atoms with E-state index in [1.54, 1.807) is 166 Å².